The zero-order valence-corrected chi connectivity index (χ0v) is 10.1. The third kappa shape index (κ3) is 3.00. The second-order valence-corrected chi connectivity index (χ2v) is 4.27. The number of rotatable bonds is 5. The molecule has 5 nitrogen and oxygen atoms in total. The predicted octanol–water partition coefficient (Wildman–Crippen LogP) is 1.67. The molecule has 0 aliphatic carbocycles. The van der Waals surface area contributed by atoms with Crippen LogP contribution in [0.3, 0.4) is 0 Å². The first kappa shape index (κ1) is 12.6. The van der Waals surface area contributed by atoms with Gasteiger partial charge in [0.05, 0.1) is 14.2 Å². The monoisotopic (exact) mass is 243 g/mol. The van der Waals surface area contributed by atoms with Gasteiger partial charge in [0.25, 0.3) is 0 Å². The first-order valence-corrected chi connectivity index (χ1v) is 5.76. The van der Waals surface area contributed by atoms with Crippen LogP contribution >= 0.6 is 8.58 Å². The fourth-order valence-corrected chi connectivity index (χ4v) is 1.82. The lowest BCUT2D eigenvalue weighted by atomic mass is 10.2. The van der Waals surface area contributed by atoms with Gasteiger partial charge in [-0.3, -0.25) is 4.79 Å². The number of phenols is 1. The zero-order valence-electron chi connectivity index (χ0n) is 9.11. The summed E-state index contributed by atoms with van der Waals surface area (Å²) in [4.78, 5) is 10.7. The number of carbonyl (C=O) groups excluding carboxylic acids is 1. The van der Waals surface area contributed by atoms with Crippen molar-refractivity contribution in [3.63, 3.8) is 0 Å². The number of aromatic hydroxyl groups is 1. The molecule has 0 fully saturated rings. The largest absolute Gasteiger partial charge is 0.502 e. The van der Waals surface area contributed by atoms with Crippen LogP contribution in [-0.2, 0) is 6.16 Å². The summed E-state index contributed by atoms with van der Waals surface area (Å²) in [7, 11) is 2.91. The van der Waals surface area contributed by atoms with Crippen LogP contribution in [0.4, 0.5) is 4.79 Å². The van der Waals surface area contributed by atoms with E-state index in [-0.39, 0.29) is 20.0 Å². The Morgan fingerprint density at radius 2 is 1.88 bits per heavy atom. The van der Waals surface area contributed by atoms with Gasteiger partial charge in [-0.15, -0.1) is 0 Å². The van der Waals surface area contributed by atoms with Gasteiger partial charge in [-0.05, 0) is 32.4 Å². The van der Waals surface area contributed by atoms with Crippen LogP contribution in [0.1, 0.15) is 5.56 Å². The Morgan fingerprint density at radius 1 is 1.38 bits per heavy atom. The van der Waals surface area contributed by atoms with E-state index in [9.17, 15) is 9.90 Å². The van der Waals surface area contributed by atoms with Crippen LogP contribution in [-0.4, -0.2) is 25.0 Å². The van der Waals surface area contributed by atoms with Crippen LogP contribution < -0.4 is 15.2 Å². The molecule has 0 bridgehead atoms. The molecule has 0 radical (unpaired) electrons. The summed E-state index contributed by atoms with van der Waals surface area (Å²) in [6.45, 7) is 0. The van der Waals surface area contributed by atoms with Crippen LogP contribution in [0.2, 0.25) is 0 Å². The highest BCUT2D eigenvalue weighted by Crippen LogP contribution is 2.38. The molecule has 1 amide bonds. The standard InChI is InChI=1S/C10H14NO4P/c1-14-7-3-6(5-16-10(11)13)4-8(15-2)9(7)12/h3-4,12,16H,5H2,1-2H3,(H2,11,13). The molecule has 0 aliphatic rings. The molecule has 88 valence electrons. The Balaban J connectivity index is 2.97. The van der Waals surface area contributed by atoms with Crippen molar-refractivity contribution in [1.82, 2.24) is 0 Å². The van der Waals surface area contributed by atoms with Gasteiger partial charge in [-0.2, -0.15) is 0 Å². The lowest BCUT2D eigenvalue weighted by Gasteiger charge is -2.10. The minimum Gasteiger partial charge on any atom is -0.502 e. The number of hydrogen-bond donors (Lipinski definition) is 2. The van der Waals surface area contributed by atoms with Gasteiger partial charge in [0.15, 0.2) is 11.5 Å². The lowest BCUT2D eigenvalue weighted by Crippen LogP contribution is -2.00. The van der Waals surface area contributed by atoms with Gasteiger partial charge in [0.1, 0.15) is 0 Å². The number of hydrogen-bond acceptors (Lipinski definition) is 4. The van der Waals surface area contributed by atoms with Gasteiger partial charge in [-0.25, -0.2) is 0 Å². The number of ether oxygens (including phenoxy) is 2. The van der Waals surface area contributed by atoms with E-state index in [0.717, 1.165) is 5.56 Å². The molecule has 1 aromatic rings. The maximum atomic E-state index is 10.7. The minimum absolute atomic E-state index is 0.00456. The Kier molecular flexibility index (Phi) is 4.38. The molecule has 0 saturated heterocycles. The summed E-state index contributed by atoms with van der Waals surface area (Å²) in [6, 6.07) is 3.32. The van der Waals surface area contributed by atoms with Gasteiger partial charge in [0, 0.05) is 0 Å². The first-order valence-electron chi connectivity index (χ1n) is 4.55. The number of phenolic OH excluding ortho intramolecular Hbond substituents is 1. The van der Waals surface area contributed by atoms with E-state index in [0.29, 0.717) is 17.7 Å². The molecule has 6 heteroatoms. The number of primary amides is 1. The van der Waals surface area contributed by atoms with Crippen molar-refractivity contribution in [2.75, 3.05) is 14.2 Å². The summed E-state index contributed by atoms with van der Waals surface area (Å²) in [5.74, 6) is 0.600. The summed E-state index contributed by atoms with van der Waals surface area (Å²) in [6.07, 6.45) is 0.516. The molecule has 16 heavy (non-hydrogen) atoms. The second-order valence-electron chi connectivity index (χ2n) is 3.07. The van der Waals surface area contributed by atoms with Crippen LogP contribution in [0.15, 0.2) is 12.1 Å². The van der Waals surface area contributed by atoms with Crippen molar-refractivity contribution in [3.8, 4) is 17.2 Å². The highest BCUT2D eigenvalue weighted by atomic mass is 31.1. The number of benzene rings is 1. The van der Waals surface area contributed by atoms with Crippen molar-refractivity contribution < 1.29 is 19.4 Å². The first-order chi connectivity index (χ1) is 7.58. The van der Waals surface area contributed by atoms with Crippen molar-refractivity contribution in [1.29, 1.82) is 0 Å². The van der Waals surface area contributed by atoms with E-state index in [2.05, 4.69) is 0 Å². The number of carbonyl (C=O) groups is 1. The molecule has 0 aliphatic heterocycles. The molecule has 1 unspecified atom stereocenters. The molecule has 1 atom stereocenters. The van der Waals surface area contributed by atoms with Gasteiger partial charge < -0.3 is 20.3 Å². The smallest absolute Gasteiger partial charge is 0.235 e. The molecular formula is C10H14NO4P. The molecule has 0 heterocycles. The van der Waals surface area contributed by atoms with Crippen molar-refractivity contribution in [3.05, 3.63) is 17.7 Å². The normalized spacial score (nSPS) is 10.6. The number of amides is 1. The van der Waals surface area contributed by atoms with Crippen molar-refractivity contribution in [2.24, 2.45) is 5.73 Å². The Hall–Kier alpha value is -1.48. The molecule has 1 rings (SSSR count). The minimum atomic E-state index is -0.342. The molecule has 0 aromatic heterocycles. The maximum absolute atomic E-state index is 10.7. The molecule has 0 saturated carbocycles. The van der Waals surface area contributed by atoms with Gasteiger partial charge >= 0.3 is 0 Å². The fourth-order valence-electron chi connectivity index (χ4n) is 1.24. The van der Waals surface area contributed by atoms with Gasteiger partial charge in [-0.1, -0.05) is 0 Å². The fraction of sp³-hybridized carbons (Fsp3) is 0.300. The summed E-state index contributed by atoms with van der Waals surface area (Å²) in [5.41, 5.74) is 5.57. The van der Waals surface area contributed by atoms with E-state index in [4.69, 9.17) is 15.2 Å². The maximum Gasteiger partial charge on any atom is 0.235 e. The van der Waals surface area contributed by atoms with E-state index in [1.54, 1.807) is 12.1 Å². The Labute approximate surface area is 95.3 Å². The summed E-state index contributed by atoms with van der Waals surface area (Å²) >= 11 is 0. The summed E-state index contributed by atoms with van der Waals surface area (Å²) < 4.78 is 9.98. The molecule has 3 N–H and O–H groups in total. The average molecular weight is 243 g/mol. The Bertz CT molecular complexity index is 369. The van der Waals surface area contributed by atoms with E-state index in [1.165, 1.54) is 14.2 Å². The van der Waals surface area contributed by atoms with Crippen molar-refractivity contribution >= 4 is 14.2 Å². The highest BCUT2D eigenvalue weighted by Gasteiger charge is 2.11. The number of methoxy groups -OCH3 is 2. The topological polar surface area (TPSA) is 81.8 Å². The van der Waals surface area contributed by atoms with Gasteiger partial charge in [0.2, 0.25) is 11.4 Å². The third-order valence-corrected chi connectivity index (χ3v) is 2.94. The third-order valence-electron chi connectivity index (χ3n) is 2.01. The SMILES string of the molecule is COc1cc(CPC(N)=O)cc(OC)c1O. The summed E-state index contributed by atoms with van der Waals surface area (Å²) in [5, 5.41) is 9.65. The highest BCUT2D eigenvalue weighted by molar-refractivity contribution is 7.56. The van der Waals surface area contributed by atoms with E-state index in [1.807, 2.05) is 0 Å². The molecule has 1 aromatic carbocycles. The molecule has 0 spiro atoms. The quantitative estimate of drug-likeness (QED) is 0.770. The molecular weight excluding hydrogens is 229 g/mol. The van der Waals surface area contributed by atoms with E-state index < -0.39 is 0 Å². The van der Waals surface area contributed by atoms with Crippen molar-refractivity contribution in [2.45, 2.75) is 6.16 Å². The second kappa shape index (κ2) is 5.56. The van der Waals surface area contributed by atoms with Crippen LogP contribution in [0, 0.1) is 0 Å². The number of nitrogens with two attached hydrogens (primary N) is 1. The predicted molar refractivity (Wildman–Crippen MR) is 62.8 cm³/mol. The van der Waals surface area contributed by atoms with E-state index >= 15 is 0 Å². The lowest BCUT2D eigenvalue weighted by molar-refractivity contribution is 0.267. The average Bonchev–Trinajstić information content (AvgIpc) is 2.27. The Morgan fingerprint density at radius 3 is 2.25 bits per heavy atom. The zero-order chi connectivity index (χ0) is 12.1. The van der Waals surface area contributed by atoms with Crippen LogP contribution in [0.5, 0.6) is 17.2 Å². The van der Waals surface area contributed by atoms with Crippen LogP contribution in [0.25, 0.3) is 0 Å².